The van der Waals surface area contributed by atoms with E-state index in [4.69, 9.17) is 9.26 Å². The largest absolute Gasteiger partial charge is 0.497 e. The summed E-state index contributed by atoms with van der Waals surface area (Å²) >= 11 is 3.14. The highest BCUT2D eigenvalue weighted by atomic mass is 32.2. The third-order valence-electron chi connectivity index (χ3n) is 3.49. The summed E-state index contributed by atoms with van der Waals surface area (Å²) in [7, 11) is 1.66. The van der Waals surface area contributed by atoms with Gasteiger partial charge in [-0.15, -0.1) is 11.3 Å². The zero-order chi connectivity index (χ0) is 17.1. The lowest BCUT2D eigenvalue weighted by Crippen LogP contribution is -1.95. The molecule has 3 heterocycles. The Hall–Kier alpha value is -2.58. The molecule has 0 aliphatic carbocycles. The van der Waals surface area contributed by atoms with Gasteiger partial charge in [0.15, 0.2) is 5.16 Å². The zero-order valence-electron chi connectivity index (χ0n) is 13.3. The van der Waals surface area contributed by atoms with Gasteiger partial charge in [0, 0.05) is 18.1 Å². The Balaban J connectivity index is 1.48. The quantitative estimate of drug-likeness (QED) is 0.472. The maximum atomic E-state index is 5.33. The Morgan fingerprint density at radius 3 is 2.88 bits per heavy atom. The number of methoxy groups -OCH3 is 1. The predicted octanol–water partition coefficient (Wildman–Crippen LogP) is 4.28. The van der Waals surface area contributed by atoms with Gasteiger partial charge in [-0.25, -0.2) is 4.98 Å². The number of nitrogens with zero attached hydrogens (tertiary/aromatic N) is 4. The summed E-state index contributed by atoms with van der Waals surface area (Å²) in [6.07, 6.45) is 3.70. The smallest absolute Gasteiger partial charge is 0.237 e. The molecule has 0 bridgehead atoms. The molecule has 0 aliphatic heterocycles. The van der Waals surface area contributed by atoms with Crippen molar-refractivity contribution in [2.24, 2.45) is 0 Å². The minimum absolute atomic E-state index is 0.561. The molecule has 4 rings (SSSR count). The summed E-state index contributed by atoms with van der Waals surface area (Å²) < 4.78 is 12.5. The van der Waals surface area contributed by atoms with Crippen LogP contribution in [0.15, 0.2) is 63.9 Å². The van der Waals surface area contributed by atoms with Crippen LogP contribution in [0.1, 0.15) is 5.89 Å². The SMILES string of the molecule is COc1ccc(-n2ccnc2SCc2nc(-c3cccs3)no2)cc1. The molecular formula is C17H14N4O2S2. The molecule has 0 atom stereocenters. The van der Waals surface area contributed by atoms with E-state index >= 15 is 0 Å². The van der Waals surface area contributed by atoms with Crippen molar-refractivity contribution in [3.8, 4) is 22.1 Å². The van der Waals surface area contributed by atoms with Gasteiger partial charge in [-0.1, -0.05) is 23.0 Å². The van der Waals surface area contributed by atoms with Gasteiger partial charge < -0.3 is 9.26 Å². The zero-order valence-corrected chi connectivity index (χ0v) is 15.0. The van der Waals surface area contributed by atoms with Crippen LogP contribution >= 0.6 is 23.1 Å². The van der Waals surface area contributed by atoms with Gasteiger partial charge in [-0.2, -0.15) is 4.98 Å². The number of rotatable bonds is 6. The first-order chi connectivity index (χ1) is 12.3. The van der Waals surface area contributed by atoms with Crippen molar-refractivity contribution >= 4 is 23.1 Å². The number of benzene rings is 1. The van der Waals surface area contributed by atoms with Gasteiger partial charge in [0.05, 0.1) is 17.7 Å². The molecule has 126 valence electrons. The Bertz CT molecular complexity index is 945. The Kier molecular flexibility index (Phi) is 4.53. The molecule has 0 radical (unpaired) electrons. The molecule has 0 N–H and O–H groups in total. The van der Waals surface area contributed by atoms with Crippen LogP contribution in [0.3, 0.4) is 0 Å². The number of imidazole rings is 1. The summed E-state index contributed by atoms with van der Waals surface area (Å²) in [6, 6.07) is 11.8. The van der Waals surface area contributed by atoms with E-state index in [1.165, 1.54) is 0 Å². The summed E-state index contributed by atoms with van der Waals surface area (Å²) in [6.45, 7) is 0. The average Bonchev–Trinajstić information content (AvgIpc) is 3.40. The van der Waals surface area contributed by atoms with Crippen molar-refractivity contribution in [2.75, 3.05) is 7.11 Å². The van der Waals surface area contributed by atoms with Crippen LogP contribution in [0.5, 0.6) is 5.75 Å². The molecule has 0 unspecified atom stereocenters. The topological polar surface area (TPSA) is 66.0 Å². The maximum Gasteiger partial charge on any atom is 0.237 e. The van der Waals surface area contributed by atoms with E-state index in [0.717, 1.165) is 21.5 Å². The minimum atomic E-state index is 0.561. The minimum Gasteiger partial charge on any atom is -0.497 e. The van der Waals surface area contributed by atoms with Crippen molar-refractivity contribution in [3.05, 3.63) is 60.1 Å². The molecule has 0 saturated heterocycles. The molecule has 6 nitrogen and oxygen atoms in total. The van der Waals surface area contributed by atoms with E-state index in [1.54, 1.807) is 36.4 Å². The van der Waals surface area contributed by atoms with Crippen molar-refractivity contribution in [3.63, 3.8) is 0 Å². The summed E-state index contributed by atoms with van der Waals surface area (Å²) in [5.74, 6) is 2.60. The van der Waals surface area contributed by atoms with E-state index in [-0.39, 0.29) is 0 Å². The fraction of sp³-hybridized carbons (Fsp3) is 0.118. The Labute approximate surface area is 152 Å². The van der Waals surface area contributed by atoms with Gasteiger partial charge in [0.1, 0.15) is 5.75 Å². The lowest BCUT2D eigenvalue weighted by Gasteiger charge is -2.07. The van der Waals surface area contributed by atoms with Gasteiger partial charge in [-0.3, -0.25) is 4.57 Å². The molecular weight excluding hydrogens is 356 g/mol. The van der Waals surface area contributed by atoms with Crippen LogP contribution in [-0.4, -0.2) is 26.8 Å². The van der Waals surface area contributed by atoms with Gasteiger partial charge in [0.2, 0.25) is 11.7 Å². The number of aromatic nitrogens is 4. The monoisotopic (exact) mass is 370 g/mol. The molecule has 3 aromatic heterocycles. The molecule has 0 spiro atoms. The molecule has 0 aliphatic rings. The van der Waals surface area contributed by atoms with Crippen LogP contribution in [0.2, 0.25) is 0 Å². The highest BCUT2D eigenvalue weighted by Crippen LogP contribution is 2.26. The fourth-order valence-electron chi connectivity index (χ4n) is 2.28. The van der Waals surface area contributed by atoms with Crippen molar-refractivity contribution in [1.82, 2.24) is 19.7 Å². The summed E-state index contributed by atoms with van der Waals surface area (Å²) in [4.78, 5) is 9.85. The first-order valence-corrected chi connectivity index (χ1v) is 9.37. The van der Waals surface area contributed by atoms with Crippen LogP contribution in [0.4, 0.5) is 0 Å². The summed E-state index contributed by atoms with van der Waals surface area (Å²) in [5.41, 5.74) is 1.02. The Morgan fingerprint density at radius 1 is 1.24 bits per heavy atom. The normalized spacial score (nSPS) is 10.9. The Morgan fingerprint density at radius 2 is 2.12 bits per heavy atom. The predicted molar refractivity (Wildman–Crippen MR) is 97.3 cm³/mol. The highest BCUT2D eigenvalue weighted by Gasteiger charge is 2.12. The second-order valence-electron chi connectivity index (χ2n) is 5.06. The lowest BCUT2D eigenvalue weighted by molar-refractivity contribution is 0.391. The molecule has 8 heteroatoms. The lowest BCUT2D eigenvalue weighted by atomic mass is 10.3. The third-order valence-corrected chi connectivity index (χ3v) is 5.31. The first-order valence-electron chi connectivity index (χ1n) is 7.50. The molecule has 4 aromatic rings. The van der Waals surface area contributed by atoms with Crippen LogP contribution in [-0.2, 0) is 5.75 Å². The summed E-state index contributed by atoms with van der Waals surface area (Å²) in [5, 5.41) is 6.88. The van der Waals surface area contributed by atoms with E-state index in [0.29, 0.717) is 17.5 Å². The molecule has 0 saturated carbocycles. The molecule has 0 fully saturated rings. The van der Waals surface area contributed by atoms with Crippen LogP contribution < -0.4 is 4.74 Å². The van der Waals surface area contributed by atoms with E-state index in [1.807, 2.05) is 52.5 Å². The number of ether oxygens (including phenoxy) is 1. The number of thioether (sulfide) groups is 1. The number of thiophene rings is 1. The molecule has 1 aromatic carbocycles. The second-order valence-corrected chi connectivity index (χ2v) is 6.95. The molecule has 0 amide bonds. The standard InChI is InChI=1S/C17H14N4O2S2/c1-22-13-6-4-12(5-7-13)21-9-8-18-17(21)25-11-15-19-16(20-23-15)14-3-2-10-24-14/h2-10H,11H2,1H3. The molecule has 25 heavy (non-hydrogen) atoms. The van der Waals surface area contributed by atoms with Crippen molar-refractivity contribution < 1.29 is 9.26 Å². The van der Waals surface area contributed by atoms with Gasteiger partial charge in [-0.05, 0) is 35.7 Å². The van der Waals surface area contributed by atoms with Crippen molar-refractivity contribution in [2.45, 2.75) is 10.9 Å². The third kappa shape index (κ3) is 3.45. The van der Waals surface area contributed by atoms with E-state index in [2.05, 4.69) is 15.1 Å². The van der Waals surface area contributed by atoms with E-state index in [9.17, 15) is 0 Å². The van der Waals surface area contributed by atoms with E-state index < -0.39 is 0 Å². The van der Waals surface area contributed by atoms with Crippen molar-refractivity contribution in [1.29, 1.82) is 0 Å². The highest BCUT2D eigenvalue weighted by molar-refractivity contribution is 7.98. The van der Waals surface area contributed by atoms with Crippen LogP contribution in [0.25, 0.3) is 16.4 Å². The van der Waals surface area contributed by atoms with Gasteiger partial charge in [0.25, 0.3) is 0 Å². The maximum absolute atomic E-state index is 5.33. The fourth-order valence-corrected chi connectivity index (χ4v) is 3.74. The van der Waals surface area contributed by atoms with Crippen LogP contribution in [0, 0.1) is 0 Å². The average molecular weight is 370 g/mol. The number of hydrogen-bond acceptors (Lipinski definition) is 7. The second kappa shape index (κ2) is 7.12. The van der Waals surface area contributed by atoms with Gasteiger partial charge >= 0.3 is 0 Å². The number of hydrogen-bond donors (Lipinski definition) is 0. The first kappa shape index (κ1) is 15.9.